The third kappa shape index (κ3) is 7.59. The van der Waals surface area contributed by atoms with Crippen molar-refractivity contribution in [2.75, 3.05) is 27.2 Å². The fraction of sp³-hybridized carbons (Fsp3) is 0.600. The molecule has 5 nitrogen and oxygen atoms in total. The lowest BCUT2D eigenvalue weighted by molar-refractivity contribution is -0.127. The van der Waals surface area contributed by atoms with Crippen LogP contribution < -0.4 is 10.6 Å². The molecule has 2 rings (SSSR count). The van der Waals surface area contributed by atoms with Gasteiger partial charge in [0.2, 0.25) is 5.91 Å². The molecule has 1 aromatic rings. The lowest BCUT2D eigenvalue weighted by Gasteiger charge is -2.15. The quantitative estimate of drug-likeness (QED) is 0.433. The van der Waals surface area contributed by atoms with Gasteiger partial charge in [-0.1, -0.05) is 56.0 Å². The van der Waals surface area contributed by atoms with Crippen molar-refractivity contribution in [2.45, 2.75) is 45.1 Å². The normalized spacial score (nSPS) is 15.2. The Kier molecular flexibility index (Phi) is 8.29. The summed E-state index contributed by atoms with van der Waals surface area (Å²) in [4.78, 5) is 18.0. The summed E-state index contributed by atoms with van der Waals surface area (Å²) < 4.78 is 0. The van der Waals surface area contributed by atoms with Gasteiger partial charge in [0.25, 0.3) is 0 Å². The van der Waals surface area contributed by atoms with Gasteiger partial charge < -0.3 is 15.5 Å². The van der Waals surface area contributed by atoms with Gasteiger partial charge in [-0.05, 0) is 24.3 Å². The summed E-state index contributed by atoms with van der Waals surface area (Å²) in [7, 11) is 3.53. The molecule has 138 valence electrons. The van der Waals surface area contributed by atoms with Gasteiger partial charge in [-0.15, -0.1) is 0 Å². The van der Waals surface area contributed by atoms with Gasteiger partial charge in [0.15, 0.2) is 5.96 Å². The zero-order valence-electron chi connectivity index (χ0n) is 15.6. The molecule has 5 heteroatoms. The monoisotopic (exact) mass is 344 g/mol. The van der Waals surface area contributed by atoms with E-state index in [0.29, 0.717) is 12.5 Å². The number of carbonyl (C=O) groups excluding carboxylic acids is 1. The molecule has 1 aliphatic rings. The van der Waals surface area contributed by atoms with E-state index < -0.39 is 0 Å². The predicted octanol–water partition coefficient (Wildman–Crippen LogP) is 2.78. The minimum Gasteiger partial charge on any atom is -0.356 e. The molecule has 0 radical (unpaired) electrons. The highest BCUT2D eigenvalue weighted by molar-refractivity contribution is 5.86. The summed E-state index contributed by atoms with van der Waals surface area (Å²) in [6.45, 7) is 1.76. The second-order valence-electron chi connectivity index (χ2n) is 7.01. The molecule has 0 unspecified atom stereocenters. The van der Waals surface area contributed by atoms with Gasteiger partial charge in [0.1, 0.15) is 0 Å². The van der Waals surface area contributed by atoms with Crippen LogP contribution in [0.2, 0.25) is 0 Å². The Bertz CT molecular complexity index is 536. The van der Waals surface area contributed by atoms with Gasteiger partial charge in [-0.2, -0.15) is 0 Å². The molecule has 0 atom stereocenters. The van der Waals surface area contributed by atoms with Crippen molar-refractivity contribution in [1.82, 2.24) is 15.5 Å². The SMILES string of the molecule is CN(C)C(=O)CNC(=NCc1ccccc1)NCCCC1CCCC1. The van der Waals surface area contributed by atoms with E-state index in [2.05, 4.69) is 27.8 Å². The Morgan fingerprint density at radius 3 is 2.56 bits per heavy atom. The molecule has 0 spiro atoms. The molecular weight excluding hydrogens is 312 g/mol. The van der Waals surface area contributed by atoms with E-state index >= 15 is 0 Å². The second kappa shape index (κ2) is 10.7. The van der Waals surface area contributed by atoms with Gasteiger partial charge in [-0.25, -0.2) is 4.99 Å². The van der Waals surface area contributed by atoms with Gasteiger partial charge in [0.05, 0.1) is 13.1 Å². The number of benzene rings is 1. The number of aliphatic imine (C=N–C) groups is 1. The number of carbonyl (C=O) groups is 1. The van der Waals surface area contributed by atoms with Crippen LogP contribution >= 0.6 is 0 Å². The van der Waals surface area contributed by atoms with Crippen molar-refractivity contribution in [3.05, 3.63) is 35.9 Å². The molecule has 0 heterocycles. The predicted molar refractivity (Wildman–Crippen MR) is 103 cm³/mol. The van der Waals surface area contributed by atoms with Crippen molar-refractivity contribution < 1.29 is 4.79 Å². The Balaban J connectivity index is 1.80. The summed E-state index contributed by atoms with van der Waals surface area (Å²) in [6.07, 6.45) is 8.02. The minimum atomic E-state index is 0.0418. The molecule has 2 N–H and O–H groups in total. The molecular formula is C20H32N4O. The lowest BCUT2D eigenvalue weighted by Crippen LogP contribution is -2.43. The fourth-order valence-corrected chi connectivity index (χ4v) is 3.14. The summed E-state index contributed by atoms with van der Waals surface area (Å²) in [5.74, 6) is 1.67. The fourth-order valence-electron chi connectivity index (χ4n) is 3.14. The third-order valence-electron chi connectivity index (χ3n) is 4.72. The number of hydrogen-bond acceptors (Lipinski definition) is 2. The molecule has 0 aromatic heterocycles. The van der Waals surface area contributed by atoms with Crippen LogP contribution in [0.5, 0.6) is 0 Å². The van der Waals surface area contributed by atoms with E-state index in [1.807, 2.05) is 18.2 Å². The summed E-state index contributed by atoms with van der Waals surface area (Å²) in [5, 5.41) is 6.52. The van der Waals surface area contributed by atoms with Crippen LogP contribution in [0.25, 0.3) is 0 Å². The van der Waals surface area contributed by atoms with Crippen LogP contribution in [0.1, 0.15) is 44.1 Å². The molecule has 1 aliphatic carbocycles. The van der Waals surface area contributed by atoms with Crippen molar-refractivity contribution in [3.8, 4) is 0 Å². The molecule has 1 amide bonds. The minimum absolute atomic E-state index is 0.0418. The van der Waals surface area contributed by atoms with Crippen molar-refractivity contribution in [1.29, 1.82) is 0 Å². The Morgan fingerprint density at radius 1 is 1.16 bits per heavy atom. The highest BCUT2D eigenvalue weighted by atomic mass is 16.2. The maximum Gasteiger partial charge on any atom is 0.241 e. The molecule has 1 fully saturated rings. The van der Waals surface area contributed by atoms with Crippen LogP contribution in [0.4, 0.5) is 0 Å². The molecule has 0 saturated heterocycles. The van der Waals surface area contributed by atoms with Crippen LogP contribution in [0.15, 0.2) is 35.3 Å². The van der Waals surface area contributed by atoms with E-state index in [-0.39, 0.29) is 12.5 Å². The summed E-state index contributed by atoms with van der Waals surface area (Å²) >= 11 is 0. The Morgan fingerprint density at radius 2 is 1.88 bits per heavy atom. The number of likely N-dealkylation sites (N-methyl/N-ethyl adjacent to an activating group) is 1. The molecule has 1 saturated carbocycles. The van der Waals surface area contributed by atoms with Crippen LogP contribution in [0, 0.1) is 5.92 Å². The number of nitrogens with zero attached hydrogens (tertiary/aromatic N) is 2. The van der Waals surface area contributed by atoms with E-state index in [4.69, 9.17) is 0 Å². The van der Waals surface area contributed by atoms with Gasteiger partial charge in [-0.3, -0.25) is 4.79 Å². The van der Waals surface area contributed by atoms with E-state index in [0.717, 1.165) is 24.4 Å². The zero-order valence-corrected chi connectivity index (χ0v) is 15.6. The third-order valence-corrected chi connectivity index (χ3v) is 4.72. The first kappa shape index (κ1) is 19.3. The highest BCUT2D eigenvalue weighted by Gasteiger charge is 2.14. The number of guanidine groups is 1. The molecule has 0 bridgehead atoms. The molecule has 0 aliphatic heterocycles. The van der Waals surface area contributed by atoms with E-state index in [1.165, 1.54) is 32.1 Å². The summed E-state index contributed by atoms with van der Waals surface area (Å²) in [6, 6.07) is 10.2. The average molecular weight is 345 g/mol. The number of amides is 1. The smallest absolute Gasteiger partial charge is 0.241 e. The van der Waals surface area contributed by atoms with Crippen LogP contribution in [-0.2, 0) is 11.3 Å². The van der Waals surface area contributed by atoms with Crippen molar-refractivity contribution in [3.63, 3.8) is 0 Å². The van der Waals surface area contributed by atoms with E-state index in [9.17, 15) is 4.79 Å². The number of nitrogens with one attached hydrogen (secondary N) is 2. The van der Waals surface area contributed by atoms with Crippen LogP contribution in [-0.4, -0.2) is 44.0 Å². The molecule has 1 aromatic carbocycles. The first-order chi connectivity index (χ1) is 12.1. The largest absolute Gasteiger partial charge is 0.356 e. The van der Waals surface area contributed by atoms with Crippen molar-refractivity contribution in [2.24, 2.45) is 10.9 Å². The lowest BCUT2D eigenvalue weighted by atomic mass is 10.0. The van der Waals surface area contributed by atoms with Crippen molar-refractivity contribution >= 4 is 11.9 Å². The van der Waals surface area contributed by atoms with E-state index in [1.54, 1.807) is 19.0 Å². The Hall–Kier alpha value is -2.04. The Labute approximate surface area is 151 Å². The second-order valence-corrected chi connectivity index (χ2v) is 7.01. The maximum atomic E-state index is 11.8. The highest BCUT2D eigenvalue weighted by Crippen LogP contribution is 2.28. The van der Waals surface area contributed by atoms with Gasteiger partial charge in [0, 0.05) is 20.6 Å². The zero-order chi connectivity index (χ0) is 17.9. The first-order valence-electron chi connectivity index (χ1n) is 9.41. The average Bonchev–Trinajstić information content (AvgIpc) is 3.14. The summed E-state index contributed by atoms with van der Waals surface area (Å²) in [5.41, 5.74) is 1.16. The first-order valence-corrected chi connectivity index (χ1v) is 9.41. The number of hydrogen-bond donors (Lipinski definition) is 2. The maximum absolute atomic E-state index is 11.8. The molecule has 25 heavy (non-hydrogen) atoms. The topological polar surface area (TPSA) is 56.7 Å². The van der Waals surface area contributed by atoms with Crippen LogP contribution in [0.3, 0.4) is 0 Å². The number of rotatable bonds is 8. The standard InChI is InChI=1S/C20H32N4O/c1-24(2)19(25)16-23-20(22-15-18-11-4-3-5-12-18)21-14-8-13-17-9-6-7-10-17/h3-5,11-12,17H,6-10,13-16H2,1-2H3,(H2,21,22,23). The van der Waals surface area contributed by atoms with Gasteiger partial charge >= 0.3 is 0 Å².